The van der Waals surface area contributed by atoms with E-state index in [2.05, 4.69) is 16.3 Å². The van der Waals surface area contributed by atoms with E-state index in [9.17, 15) is 4.79 Å². The summed E-state index contributed by atoms with van der Waals surface area (Å²) in [6.45, 7) is 3.40. The third-order valence-electron chi connectivity index (χ3n) is 4.14. The average Bonchev–Trinajstić information content (AvgIpc) is 3.02. The molecule has 3 heterocycles. The number of likely N-dealkylation sites (tertiary alicyclic amines) is 1. The third kappa shape index (κ3) is 3.29. The standard InChI is InChI=1S/C16H20N4O/c1-12(21)20-9-6-13(7-10-20)11-14-3-2-4-15(18-14)16-5-8-17-19-16/h2-5,8,13H,6-7,9-11H2,1H3,(H,17,19). The van der Waals surface area contributed by atoms with Crippen LogP contribution in [-0.4, -0.2) is 39.1 Å². The summed E-state index contributed by atoms with van der Waals surface area (Å²) in [7, 11) is 0. The maximum absolute atomic E-state index is 11.3. The van der Waals surface area contributed by atoms with Crippen LogP contribution < -0.4 is 0 Å². The lowest BCUT2D eigenvalue weighted by Gasteiger charge is -2.31. The monoisotopic (exact) mass is 284 g/mol. The second kappa shape index (κ2) is 6.08. The topological polar surface area (TPSA) is 61.9 Å². The van der Waals surface area contributed by atoms with Gasteiger partial charge in [-0.15, -0.1) is 0 Å². The molecule has 110 valence electrons. The zero-order chi connectivity index (χ0) is 14.7. The van der Waals surface area contributed by atoms with Crippen molar-refractivity contribution in [1.29, 1.82) is 0 Å². The summed E-state index contributed by atoms with van der Waals surface area (Å²) < 4.78 is 0. The minimum Gasteiger partial charge on any atom is -0.343 e. The van der Waals surface area contributed by atoms with Crippen LogP contribution in [-0.2, 0) is 11.2 Å². The van der Waals surface area contributed by atoms with E-state index in [1.807, 2.05) is 23.1 Å². The molecular weight excluding hydrogens is 264 g/mol. The van der Waals surface area contributed by atoms with E-state index in [0.717, 1.165) is 49.4 Å². The Balaban J connectivity index is 1.64. The molecule has 1 aliphatic rings. The molecular formula is C16H20N4O. The number of hydrogen-bond acceptors (Lipinski definition) is 3. The summed E-state index contributed by atoms with van der Waals surface area (Å²) in [4.78, 5) is 18.0. The number of piperidine rings is 1. The van der Waals surface area contributed by atoms with E-state index < -0.39 is 0 Å². The number of aromatic amines is 1. The highest BCUT2D eigenvalue weighted by Crippen LogP contribution is 2.22. The van der Waals surface area contributed by atoms with Gasteiger partial charge in [0.1, 0.15) is 0 Å². The van der Waals surface area contributed by atoms with Crippen molar-refractivity contribution >= 4 is 5.91 Å². The zero-order valence-corrected chi connectivity index (χ0v) is 12.2. The number of carbonyl (C=O) groups excluding carboxylic acids is 1. The van der Waals surface area contributed by atoms with Gasteiger partial charge in [0.25, 0.3) is 0 Å². The highest BCUT2D eigenvalue weighted by molar-refractivity contribution is 5.73. The van der Waals surface area contributed by atoms with Crippen LogP contribution in [0, 0.1) is 5.92 Å². The quantitative estimate of drug-likeness (QED) is 0.940. The molecule has 0 atom stereocenters. The molecule has 1 aliphatic heterocycles. The number of nitrogens with zero attached hydrogens (tertiary/aromatic N) is 3. The molecule has 0 saturated carbocycles. The van der Waals surface area contributed by atoms with Crippen LogP contribution in [0.15, 0.2) is 30.5 Å². The van der Waals surface area contributed by atoms with Gasteiger partial charge in [-0.05, 0) is 43.4 Å². The normalized spacial score (nSPS) is 16.1. The van der Waals surface area contributed by atoms with Crippen molar-refractivity contribution in [2.45, 2.75) is 26.2 Å². The van der Waals surface area contributed by atoms with E-state index in [-0.39, 0.29) is 5.91 Å². The molecule has 0 unspecified atom stereocenters. The van der Waals surface area contributed by atoms with Gasteiger partial charge in [0.05, 0.1) is 11.4 Å². The molecule has 1 N–H and O–H groups in total. The molecule has 0 bridgehead atoms. The van der Waals surface area contributed by atoms with Crippen molar-refractivity contribution in [3.63, 3.8) is 0 Å². The molecule has 5 nitrogen and oxygen atoms in total. The molecule has 21 heavy (non-hydrogen) atoms. The Morgan fingerprint density at radius 3 is 2.81 bits per heavy atom. The fourth-order valence-electron chi connectivity index (χ4n) is 2.89. The van der Waals surface area contributed by atoms with Gasteiger partial charge in [-0.2, -0.15) is 5.10 Å². The number of aromatic nitrogens is 3. The molecule has 0 radical (unpaired) electrons. The van der Waals surface area contributed by atoms with Crippen molar-refractivity contribution in [1.82, 2.24) is 20.1 Å². The Morgan fingerprint density at radius 1 is 1.33 bits per heavy atom. The first kappa shape index (κ1) is 13.8. The van der Waals surface area contributed by atoms with Gasteiger partial charge in [-0.25, -0.2) is 0 Å². The van der Waals surface area contributed by atoms with Gasteiger partial charge in [-0.1, -0.05) is 6.07 Å². The first-order valence-electron chi connectivity index (χ1n) is 7.43. The van der Waals surface area contributed by atoms with Gasteiger partial charge < -0.3 is 4.90 Å². The molecule has 1 amide bonds. The fraction of sp³-hybridized carbons (Fsp3) is 0.438. The van der Waals surface area contributed by atoms with Gasteiger partial charge in [0, 0.05) is 31.9 Å². The summed E-state index contributed by atoms with van der Waals surface area (Å²) in [5, 5.41) is 6.91. The summed E-state index contributed by atoms with van der Waals surface area (Å²) >= 11 is 0. The van der Waals surface area contributed by atoms with Crippen LogP contribution in [0.1, 0.15) is 25.5 Å². The van der Waals surface area contributed by atoms with E-state index >= 15 is 0 Å². The van der Waals surface area contributed by atoms with E-state index in [4.69, 9.17) is 4.98 Å². The number of H-pyrrole nitrogens is 1. The van der Waals surface area contributed by atoms with Crippen LogP contribution in [0.5, 0.6) is 0 Å². The minimum absolute atomic E-state index is 0.188. The van der Waals surface area contributed by atoms with Gasteiger partial charge >= 0.3 is 0 Å². The second-order valence-electron chi connectivity index (χ2n) is 5.64. The highest BCUT2D eigenvalue weighted by atomic mass is 16.2. The molecule has 3 rings (SSSR count). The predicted octanol–water partition coefficient (Wildman–Crippen LogP) is 2.27. The van der Waals surface area contributed by atoms with E-state index in [1.165, 1.54) is 0 Å². The summed E-state index contributed by atoms with van der Waals surface area (Å²) in [6, 6.07) is 8.05. The summed E-state index contributed by atoms with van der Waals surface area (Å²) in [5.74, 6) is 0.804. The molecule has 2 aromatic rings. The summed E-state index contributed by atoms with van der Waals surface area (Å²) in [6.07, 6.45) is 4.85. The number of nitrogens with one attached hydrogen (secondary N) is 1. The average molecular weight is 284 g/mol. The molecule has 0 aromatic carbocycles. The van der Waals surface area contributed by atoms with Crippen molar-refractivity contribution in [3.8, 4) is 11.4 Å². The minimum atomic E-state index is 0.188. The number of hydrogen-bond donors (Lipinski definition) is 1. The molecule has 1 saturated heterocycles. The van der Waals surface area contributed by atoms with Crippen molar-refractivity contribution < 1.29 is 4.79 Å². The van der Waals surface area contributed by atoms with Crippen molar-refractivity contribution in [3.05, 3.63) is 36.2 Å². The summed E-state index contributed by atoms with van der Waals surface area (Å²) in [5.41, 5.74) is 3.00. The van der Waals surface area contributed by atoms with Crippen molar-refractivity contribution in [2.75, 3.05) is 13.1 Å². The largest absolute Gasteiger partial charge is 0.343 e. The number of amides is 1. The third-order valence-corrected chi connectivity index (χ3v) is 4.14. The first-order valence-corrected chi connectivity index (χ1v) is 7.43. The van der Waals surface area contributed by atoms with Gasteiger partial charge in [-0.3, -0.25) is 14.9 Å². The fourth-order valence-corrected chi connectivity index (χ4v) is 2.89. The molecule has 0 aliphatic carbocycles. The van der Waals surface area contributed by atoms with Crippen LogP contribution in [0.25, 0.3) is 11.4 Å². The smallest absolute Gasteiger partial charge is 0.219 e. The number of rotatable bonds is 3. The van der Waals surface area contributed by atoms with E-state index in [0.29, 0.717) is 5.92 Å². The molecule has 1 fully saturated rings. The van der Waals surface area contributed by atoms with Gasteiger partial charge in [0.2, 0.25) is 5.91 Å². The Labute approximate surface area is 124 Å². The lowest BCUT2D eigenvalue weighted by molar-refractivity contribution is -0.130. The maximum atomic E-state index is 11.3. The van der Waals surface area contributed by atoms with Crippen LogP contribution in [0.4, 0.5) is 0 Å². The Morgan fingerprint density at radius 2 is 2.14 bits per heavy atom. The molecule has 0 spiro atoms. The lowest BCUT2D eigenvalue weighted by Crippen LogP contribution is -2.37. The maximum Gasteiger partial charge on any atom is 0.219 e. The molecule has 5 heteroatoms. The van der Waals surface area contributed by atoms with Crippen LogP contribution >= 0.6 is 0 Å². The predicted molar refractivity (Wildman–Crippen MR) is 80.5 cm³/mol. The zero-order valence-electron chi connectivity index (χ0n) is 12.2. The Hall–Kier alpha value is -2.17. The second-order valence-corrected chi connectivity index (χ2v) is 5.64. The van der Waals surface area contributed by atoms with Crippen LogP contribution in [0.2, 0.25) is 0 Å². The number of pyridine rings is 1. The lowest BCUT2D eigenvalue weighted by atomic mass is 9.92. The SMILES string of the molecule is CC(=O)N1CCC(Cc2cccc(-c3ccn[nH]3)n2)CC1. The Bertz CT molecular complexity index is 600. The van der Waals surface area contributed by atoms with Gasteiger partial charge in [0.15, 0.2) is 0 Å². The van der Waals surface area contributed by atoms with E-state index in [1.54, 1.807) is 13.1 Å². The Kier molecular flexibility index (Phi) is 3.99. The molecule has 2 aromatic heterocycles. The number of carbonyl (C=O) groups is 1. The highest BCUT2D eigenvalue weighted by Gasteiger charge is 2.21. The van der Waals surface area contributed by atoms with Crippen LogP contribution in [0.3, 0.4) is 0 Å². The first-order chi connectivity index (χ1) is 10.2. The van der Waals surface area contributed by atoms with Crippen molar-refractivity contribution in [2.24, 2.45) is 5.92 Å².